The van der Waals surface area contributed by atoms with Crippen molar-refractivity contribution in [3.63, 3.8) is 0 Å². The Hall–Kier alpha value is -1.37. The van der Waals surface area contributed by atoms with Crippen molar-refractivity contribution >= 4 is 35.0 Å². The fourth-order valence-electron chi connectivity index (χ4n) is 1.81. The van der Waals surface area contributed by atoms with Crippen molar-refractivity contribution in [2.45, 2.75) is 19.9 Å². The highest BCUT2D eigenvalue weighted by Gasteiger charge is 2.17. The van der Waals surface area contributed by atoms with Gasteiger partial charge < -0.3 is 16.0 Å². The number of carbonyl (C=O) groups is 2. The molecule has 0 saturated carbocycles. The second-order valence-electron chi connectivity index (χ2n) is 4.75. The van der Waals surface area contributed by atoms with Crippen molar-refractivity contribution in [3.05, 3.63) is 33.6 Å². The number of halogens is 3. The molecule has 0 fully saturated rings. The Labute approximate surface area is 138 Å². The summed E-state index contributed by atoms with van der Waals surface area (Å²) in [6.45, 7) is 4.14. The van der Waals surface area contributed by atoms with E-state index in [2.05, 4.69) is 10.6 Å². The number of nitrogens with two attached hydrogens (primary N) is 1. The number of benzene rings is 1. The van der Waals surface area contributed by atoms with Crippen LogP contribution in [0.25, 0.3) is 0 Å². The van der Waals surface area contributed by atoms with Gasteiger partial charge in [0.25, 0.3) is 5.91 Å². The molecule has 0 bridgehead atoms. The Morgan fingerprint density at radius 2 is 1.91 bits per heavy atom. The minimum absolute atomic E-state index is 0.0411. The lowest BCUT2D eigenvalue weighted by Gasteiger charge is -2.13. The maximum Gasteiger partial charge on any atom is 0.275 e. The molecule has 4 N–H and O–H groups in total. The molecule has 1 rings (SSSR count). The van der Waals surface area contributed by atoms with Gasteiger partial charge in [-0.15, -0.1) is 0 Å². The molecule has 2 amide bonds. The van der Waals surface area contributed by atoms with E-state index in [0.717, 1.165) is 0 Å². The second-order valence-corrected chi connectivity index (χ2v) is 5.56. The summed E-state index contributed by atoms with van der Waals surface area (Å²) >= 11 is 11.7. The first kappa shape index (κ1) is 18.7. The van der Waals surface area contributed by atoms with E-state index < -0.39 is 5.82 Å². The van der Waals surface area contributed by atoms with Gasteiger partial charge in [-0.3, -0.25) is 9.59 Å². The van der Waals surface area contributed by atoms with E-state index in [9.17, 15) is 14.0 Å². The van der Waals surface area contributed by atoms with Crippen LogP contribution in [0.1, 0.15) is 25.5 Å². The largest absolute Gasteiger partial charge is 0.355 e. The molecule has 0 saturated heterocycles. The van der Waals surface area contributed by atoms with Crippen molar-refractivity contribution in [3.8, 4) is 0 Å². The summed E-state index contributed by atoms with van der Waals surface area (Å²) in [5, 5.41) is 7.07. The predicted octanol–water partition coefficient (Wildman–Crippen LogP) is 1.01. The number of rotatable bonds is 7. The smallest absolute Gasteiger partial charge is 0.275 e. The Kier molecular flexibility index (Phi) is 7.58. The molecule has 0 unspecified atom stereocenters. The van der Waals surface area contributed by atoms with Gasteiger partial charge in [-0.1, -0.05) is 23.2 Å². The molecular weight excluding hydrogens is 332 g/mol. The average molecular weight is 351 g/mol. The normalized spacial score (nSPS) is 11.9. The summed E-state index contributed by atoms with van der Waals surface area (Å²) in [5.74, 6) is -1.09. The lowest BCUT2D eigenvalue weighted by Crippen LogP contribution is -2.87. The van der Waals surface area contributed by atoms with Crippen LogP contribution in [0.4, 0.5) is 4.39 Å². The third-order valence-electron chi connectivity index (χ3n) is 3.01. The molecule has 8 heteroatoms. The SMILES string of the molecule is CCNC(=O)CNC(=O)C[NH2+][C@@H](C)c1cc(F)c(Cl)cc1Cl. The highest BCUT2D eigenvalue weighted by Crippen LogP contribution is 2.27. The fourth-order valence-corrected chi connectivity index (χ4v) is 2.36. The molecule has 1 aromatic rings. The van der Waals surface area contributed by atoms with Crippen molar-refractivity contribution in [1.29, 1.82) is 0 Å². The molecule has 0 aliphatic rings. The fraction of sp³-hybridized carbons (Fsp3) is 0.429. The van der Waals surface area contributed by atoms with Gasteiger partial charge in [-0.2, -0.15) is 0 Å². The monoisotopic (exact) mass is 350 g/mol. The topological polar surface area (TPSA) is 74.8 Å². The molecule has 22 heavy (non-hydrogen) atoms. The molecule has 0 aromatic heterocycles. The summed E-state index contributed by atoms with van der Waals surface area (Å²) in [5.41, 5.74) is 0.556. The van der Waals surface area contributed by atoms with Gasteiger partial charge in [0, 0.05) is 12.1 Å². The summed E-state index contributed by atoms with van der Waals surface area (Å²) < 4.78 is 13.5. The van der Waals surface area contributed by atoms with Gasteiger partial charge in [-0.05, 0) is 26.0 Å². The number of carbonyl (C=O) groups excluding carboxylic acids is 2. The van der Waals surface area contributed by atoms with E-state index >= 15 is 0 Å². The van der Waals surface area contributed by atoms with E-state index in [0.29, 0.717) is 17.1 Å². The van der Waals surface area contributed by atoms with Crippen LogP contribution in [0.2, 0.25) is 10.0 Å². The number of nitrogens with one attached hydrogen (secondary N) is 2. The predicted molar refractivity (Wildman–Crippen MR) is 83.3 cm³/mol. The summed E-state index contributed by atoms with van der Waals surface area (Å²) in [6, 6.07) is 2.38. The Balaban J connectivity index is 2.49. The molecule has 0 aliphatic heterocycles. The number of hydrogen-bond acceptors (Lipinski definition) is 2. The zero-order valence-electron chi connectivity index (χ0n) is 12.4. The van der Waals surface area contributed by atoms with Crippen LogP contribution >= 0.6 is 23.2 Å². The molecule has 5 nitrogen and oxygen atoms in total. The molecule has 1 aromatic carbocycles. The van der Waals surface area contributed by atoms with Crippen LogP contribution in [0.5, 0.6) is 0 Å². The summed E-state index contributed by atoms with van der Waals surface area (Å²) in [4.78, 5) is 22.9. The lowest BCUT2D eigenvalue weighted by molar-refractivity contribution is -0.682. The number of amides is 2. The number of hydrogen-bond donors (Lipinski definition) is 3. The third-order valence-corrected chi connectivity index (χ3v) is 3.62. The van der Waals surface area contributed by atoms with Gasteiger partial charge >= 0.3 is 0 Å². The maximum atomic E-state index is 13.5. The Morgan fingerprint density at radius 1 is 1.23 bits per heavy atom. The van der Waals surface area contributed by atoms with Crippen LogP contribution < -0.4 is 16.0 Å². The molecule has 0 spiro atoms. The number of likely N-dealkylation sites (N-methyl/N-ethyl adjacent to an activating group) is 1. The van der Waals surface area contributed by atoms with Crippen LogP contribution in [0, 0.1) is 5.82 Å². The molecule has 122 valence electrons. The quantitative estimate of drug-likeness (QED) is 0.642. The average Bonchev–Trinajstić information content (AvgIpc) is 2.46. The third kappa shape index (κ3) is 5.79. The van der Waals surface area contributed by atoms with Crippen molar-refractivity contribution in [1.82, 2.24) is 10.6 Å². The number of quaternary nitrogens is 1. The van der Waals surface area contributed by atoms with Crippen molar-refractivity contribution in [2.75, 3.05) is 19.6 Å². The van der Waals surface area contributed by atoms with E-state index in [1.54, 1.807) is 19.2 Å². The van der Waals surface area contributed by atoms with E-state index in [-0.39, 0.29) is 36.0 Å². The first-order chi connectivity index (χ1) is 10.3. The van der Waals surface area contributed by atoms with Crippen molar-refractivity contribution < 1.29 is 19.3 Å². The van der Waals surface area contributed by atoms with Gasteiger partial charge in [0.15, 0.2) is 6.54 Å². The molecule has 0 aliphatic carbocycles. The van der Waals surface area contributed by atoms with Crippen LogP contribution in [-0.4, -0.2) is 31.4 Å². The Morgan fingerprint density at radius 3 is 2.55 bits per heavy atom. The van der Waals surface area contributed by atoms with Gasteiger partial charge in [0.1, 0.15) is 11.9 Å². The molecule has 0 radical (unpaired) electrons. The lowest BCUT2D eigenvalue weighted by atomic mass is 10.1. The maximum absolute atomic E-state index is 13.5. The first-order valence-electron chi connectivity index (χ1n) is 6.86. The zero-order valence-corrected chi connectivity index (χ0v) is 13.9. The van der Waals surface area contributed by atoms with E-state index in [1.165, 1.54) is 12.1 Å². The molecular formula is C14H19Cl2FN3O2+. The first-order valence-corrected chi connectivity index (χ1v) is 7.61. The van der Waals surface area contributed by atoms with Gasteiger partial charge in [0.2, 0.25) is 5.91 Å². The van der Waals surface area contributed by atoms with Crippen molar-refractivity contribution in [2.24, 2.45) is 0 Å². The molecule has 0 heterocycles. The molecule has 1 atom stereocenters. The van der Waals surface area contributed by atoms with Gasteiger partial charge in [0.05, 0.1) is 16.6 Å². The minimum Gasteiger partial charge on any atom is -0.355 e. The van der Waals surface area contributed by atoms with Crippen LogP contribution in [0.3, 0.4) is 0 Å². The van der Waals surface area contributed by atoms with E-state index in [4.69, 9.17) is 23.2 Å². The highest BCUT2D eigenvalue weighted by atomic mass is 35.5. The second kappa shape index (κ2) is 8.92. The summed E-state index contributed by atoms with van der Waals surface area (Å²) in [7, 11) is 0. The zero-order chi connectivity index (χ0) is 16.7. The van der Waals surface area contributed by atoms with Crippen LogP contribution in [-0.2, 0) is 9.59 Å². The summed E-state index contributed by atoms with van der Waals surface area (Å²) in [6.07, 6.45) is 0. The van der Waals surface area contributed by atoms with Crippen LogP contribution in [0.15, 0.2) is 12.1 Å². The Bertz CT molecular complexity index is 555. The van der Waals surface area contributed by atoms with Gasteiger partial charge in [-0.25, -0.2) is 4.39 Å². The standard InChI is InChI=1S/C14H18Cl2FN3O2/c1-3-18-13(21)7-20-14(22)6-19-8(2)9-4-12(17)11(16)5-10(9)15/h4-5,8,19H,3,6-7H2,1-2H3,(H,18,21)(H,20,22)/p+1/t8-/m0/s1. The highest BCUT2D eigenvalue weighted by molar-refractivity contribution is 6.35. The minimum atomic E-state index is -0.554. The van der Waals surface area contributed by atoms with E-state index in [1.807, 2.05) is 0 Å².